The van der Waals surface area contributed by atoms with E-state index >= 15 is 0 Å². The summed E-state index contributed by atoms with van der Waals surface area (Å²) >= 11 is 5.58. The van der Waals surface area contributed by atoms with Crippen LogP contribution < -0.4 is 12.4 Å². The van der Waals surface area contributed by atoms with E-state index in [0.29, 0.717) is 6.04 Å². The van der Waals surface area contributed by atoms with Crippen LogP contribution in [0.2, 0.25) is 0 Å². The highest BCUT2D eigenvalue weighted by atomic mass is 35.5. The number of rotatable bonds is 3. The Labute approximate surface area is 125 Å². The van der Waals surface area contributed by atoms with Crippen LogP contribution in [-0.2, 0) is 4.79 Å². The summed E-state index contributed by atoms with van der Waals surface area (Å²) in [5, 5.41) is 0. The third-order valence-electron chi connectivity index (χ3n) is 3.61. The molecule has 1 saturated heterocycles. The molecule has 5 heteroatoms. The summed E-state index contributed by atoms with van der Waals surface area (Å²) in [6, 6.07) is 10.9. The Morgan fingerprint density at radius 2 is 1.79 bits per heavy atom. The molecular weight excluding hydrogens is 283 g/mol. The number of benzene rings is 1. The molecule has 0 aliphatic carbocycles. The van der Waals surface area contributed by atoms with Crippen molar-refractivity contribution in [2.24, 2.45) is 0 Å². The normalized spacial score (nSPS) is 17.7. The largest absolute Gasteiger partial charge is 1.00 e. The molecule has 106 valence electrons. The Bertz CT molecular complexity index is 392. The predicted molar refractivity (Wildman–Crippen MR) is 73.7 cm³/mol. The lowest BCUT2D eigenvalue weighted by Crippen LogP contribution is -3.00. The van der Waals surface area contributed by atoms with Crippen molar-refractivity contribution in [2.75, 3.05) is 32.1 Å². The summed E-state index contributed by atoms with van der Waals surface area (Å²) in [5.41, 5.74) is 1.33. The maximum atomic E-state index is 11.5. The van der Waals surface area contributed by atoms with E-state index in [9.17, 15) is 4.79 Å². The zero-order valence-electron chi connectivity index (χ0n) is 11.1. The second kappa shape index (κ2) is 7.73. The molecule has 0 radical (unpaired) electrons. The Hall–Kier alpha value is -0.770. The summed E-state index contributed by atoms with van der Waals surface area (Å²) in [4.78, 5) is 15.7. The molecule has 1 fully saturated rings. The first kappa shape index (κ1) is 16.3. The van der Waals surface area contributed by atoms with Crippen LogP contribution in [0.4, 0.5) is 0 Å². The van der Waals surface area contributed by atoms with E-state index in [-0.39, 0.29) is 24.2 Å². The van der Waals surface area contributed by atoms with Gasteiger partial charge in [0.2, 0.25) is 5.91 Å². The van der Waals surface area contributed by atoms with Gasteiger partial charge in [0.15, 0.2) is 0 Å². The SMILES string of the molecule is CC(c1ccccc1)N1CCN(C(=O)CCl)CC1.[Cl-]. The highest BCUT2D eigenvalue weighted by Crippen LogP contribution is 2.21. The van der Waals surface area contributed by atoms with Crippen molar-refractivity contribution in [2.45, 2.75) is 13.0 Å². The van der Waals surface area contributed by atoms with Crippen LogP contribution in [0.5, 0.6) is 0 Å². The first-order chi connectivity index (χ1) is 8.72. The maximum absolute atomic E-state index is 11.5. The lowest BCUT2D eigenvalue weighted by Gasteiger charge is -2.38. The molecule has 0 bridgehead atoms. The van der Waals surface area contributed by atoms with Crippen LogP contribution in [-0.4, -0.2) is 47.8 Å². The van der Waals surface area contributed by atoms with Gasteiger partial charge in [0.05, 0.1) is 0 Å². The van der Waals surface area contributed by atoms with Crippen molar-refractivity contribution in [3.8, 4) is 0 Å². The minimum atomic E-state index is 0. The number of piperazine rings is 1. The fourth-order valence-corrected chi connectivity index (χ4v) is 2.55. The average molecular weight is 302 g/mol. The molecule has 1 heterocycles. The van der Waals surface area contributed by atoms with Gasteiger partial charge in [-0.15, -0.1) is 11.6 Å². The van der Waals surface area contributed by atoms with Crippen molar-refractivity contribution >= 4 is 17.5 Å². The number of amides is 1. The van der Waals surface area contributed by atoms with Gasteiger partial charge < -0.3 is 17.3 Å². The zero-order valence-corrected chi connectivity index (χ0v) is 12.6. The molecule has 1 aliphatic heterocycles. The second-order valence-corrected chi connectivity index (χ2v) is 4.90. The Morgan fingerprint density at radius 1 is 1.21 bits per heavy atom. The number of halogens is 2. The monoisotopic (exact) mass is 301 g/mol. The molecule has 3 nitrogen and oxygen atoms in total. The molecule has 1 aromatic rings. The van der Waals surface area contributed by atoms with Gasteiger partial charge in [-0.2, -0.15) is 0 Å². The lowest BCUT2D eigenvalue weighted by atomic mass is 10.1. The number of nitrogens with zero attached hydrogens (tertiary/aromatic N) is 2. The quantitative estimate of drug-likeness (QED) is 0.678. The standard InChI is InChI=1S/C14H19ClN2O.ClH/c1-12(13-5-3-2-4-6-13)16-7-9-17(10-8-16)14(18)11-15;/h2-6,12H,7-11H2,1H3;1H/p-1. The van der Waals surface area contributed by atoms with Crippen molar-refractivity contribution in [1.82, 2.24) is 9.80 Å². The molecule has 1 atom stereocenters. The first-order valence-electron chi connectivity index (χ1n) is 6.35. The second-order valence-electron chi connectivity index (χ2n) is 4.64. The summed E-state index contributed by atoms with van der Waals surface area (Å²) in [6.07, 6.45) is 0. The third-order valence-corrected chi connectivity index (χ3v) is 3.84. The minimum Gasteiger partial charge on any atom is -1.00 e. The number of carbonyl (C=O) groups excluding carboxylic acids is 1. The van der Waals surface area contributed by atoms with Gasteiger partial charge in [0.25, 0.3) is 0 Å². The Kier molecular flexibility index (Phi) is 6.63. The lowest BCUT2D eigenvalue weighted by molar-refractivity contribution is -0.130. The van der Waals surface area contributed by atoms with Crippen molar-refractivity contribution in [3.63, 3.8) is 0 Å². The molecule has 19 heavy (non-hydrogen) atoms. The summed E-state index contributed by atoms with van der Waals surface area (Å²) in [7, 11) is 0. The fraction of sp³-hybridized carbons (Fsp3) is 0.500. The zero-order chi connectivity index (χ0) is 13.0. The van der Waals surface area contributed by atoms with Gasteiger partial charge >= 0.3 is 0 Å². The van der Waals surface area contributed by atoms with Gasteiger partial charge in [-0.1, -0.05) is 30.3 Å². The molecule has 1 amide bonds. The summed E-state index contributed by atoms with van der Waals surface area (Å²) in [6.45, 7) is 5.61. The highest BCUT2D eigenvalue weighted by Gasteiger charge is 2.23. The van der Waals surface area contributed by atoms with Gasteiger partial charge in [0.1, 0.15) is 5.88 Å². The van der Waals surface area contributed by atoms with Gasteiger partial charge in [-0.25, -0.2) is 0 Å². The molecule has 1 aromatic carbocycles. The van der Waals surface area contributed by atoms with E-state index in [1.54, 1.807) is 0 Å². The van der Waals surface area contributed by atoms with Crippen LogP contribution in [0.3, 0.4) is 0 Å². The van der Waals surface area contributed by atoms with E-state index in [1.165, 1.54) is 5.56 Å². The fourth-order valence-electron chi connectivity index (χ4n) is 2.39. The van der Waals surface area contributed by atoms with Crippen LogP contribution in [0.1, 0.15) is 18.5 Å². The van der Waals surface area contributed by atoms with Crippen molar-refractivity contribution < 1.29 is 17.2 Å². The number of alkyl halides is 1. The Morgan fingerprint density at radius 3 is 2.32 bits per heavy atom. The van der Waals surface area contributed by atoms with E-state index in [2.05, 4.69) is 36.1 Å². The van der Waals surface area contributed by atoms with E-state index < -0.39 is 0 Å². The molecule has 0 saturated carbocycles. The van der Waals surface area contributed by atoms with Gasteiger partial charge in [-0.3, -0.25) is 9.69 Å². The van der Waals surface area contributed by atoms with E-state index in [0.717, 1.165) is 26.2 Å². The molecular formula is C14H19Cl2N2O-. The van der Waals surface area contributed by atoms with Gasteiger partial charge in [0, 0.05) is 32.2 Å². The maximum Gasteiger partial charge on any atom is 0.237 e. The molecule has 0 spiro atoms. The Balaban J connectivity index is 0.00000180. The van der Waals surface area contributed by atoms with E-state index in [4.69, 9.17) is 11.6 Å². The molecule has 2 rings (SSSR count). The van der Waals surface area contributed by atoms with Crippen molar-refractivity contribution in [3.05, 3.63) is 35.9 Å². The summed E-state index contributed by atoms with van der Waals surface area (Å²) in [5.74, 6) is 0.137. The molecule has 0 aromatic heterocycles. The molecule has 1 aliphatic rings. The highest BCUT2D eigenvalue weighted by molar-refractivity contribution is 6.27. The molecule has 0 N–H and O–H groups in total. The van der Waals surface area contributed by atoms with Crippen LogP contribution in [0.15, 0.2) is 30.3 Å². The molecule has 1 unspecified atom stereocenters. The minimum absolute atomic E-state index is 0. The predicted octanol–water partition coefficient (Wildman–Crippen LogP) is -0.865. The van der Waals surface area contributed by atoms with E-state index in [1.807, 2.05) is 11.0 Å². The smallest absolute Gasteiger partial charge is 0.237 e. The third kappa shape index (κ3) is 4.10. The number of carbonyl (C=O) groups is 1. The number of hydrogen-bond donors (Lipinski definition) is 0. The van der Waals surface area contributed by atoms with Crippen LogP contribution in [0.25, 0.3) is 0 Å². The average Bonchev–Trinajstić information content (AvgIpc) is 2.47. The van der Waals surface area contributed by atoms with Crippen LogP contribution >= 0.6 is 11.6 Å². The first-order valence-corrected chi connectivity index (χ1v) is 6.88. The van der Waals surface area contributed by atoms with Crippen LogP contribution in [0, 0.1) is 0 Å². The topological polar surface area (TPSA) is 23.6 Å². The number of hydrogen-bond acceptors (Lipinski definition) is 2. The van der Waals surface area contributed by atoms with Crippen molar-refractivity contribution in [1.29, 1.82) is 0 Å². The van der Waals surface area contributed by atoms with Gasteiger partial charge in [-0.05, 0) is 12.5 Å². The summed E-state index contributed by atoms with van der Waals surface area (Å²) < 4.78 is 0.